The summed E-state index contributed by atoms with van der Waals surface area (Å²) in [5.41, 5.74) is 1.93. The molecule has 0 fully saturated rings. The van der Waals surface area contributed by atoms with Crippen LogP contribution in [0.25, 0.3) is 0 Å². The summed E-state index contributed by atoms with van der Waals surface area (Å²) in [4.78, 5) is 14.6. The normalized spacial score (nSPS) is 10.2. The number of anilines is 2. The number of methoxy groups -OCH3 is 1. The van der Waals surface area contributed by atoms with Crippen LogP contribution in [0.3, 0.4) is 0 Å². The lowest BCUT2D eigenvalue weighted by atomic mass is 10.1. The number of rotatable bonds is 8. The molecule has 0 radical (unpaired) electrons. The Hall–Kier alpha value is -2.67. The predicted octanol–water partition coefficient (Wildman–Crippen LogP) is 2.66. The van der Waals surface area contributed by atoms with Gasteiger partial charge in [-0.25, -0.2) is 4.98 Å². The summed E-state index contributed by atoms with van der Waals surface area (Å²) in [6.45, 7) is 1.73. The van der Waals surface area contributed by atoms with Gasteiger partial charge in [-0.05, 0) is 17.7 Å². The first-order valence-corrected chi connectivity index (χ1v) is 6.86. The number of hydrogen-bond donors (Lipinski definition) is 2. The Morgan fingerprint density at radius 3 is 2.82 bits per heavy atom. The number of pyridine rings is 1. The highest BCUT2D eigenvalue weighted by molar-refractivity contribution is 5.57. The second-order valence-corrected chi connectivity index (χ2v) is 4.56. The molecule has 1 heterocycles. The fraction of sp³-hybridized carbons (Fsp3) is 0.267. The standard InChI is InChI=1S/C15H18N4O3/c1-22-10-9-16-13-6-3-2-5-12(13)11-18-15-14(19(20)21)7-4-8-17-15/h2-8,16H,9-11H2,1H3,(H,17,18). The summed E-state index contributed by atoms with van der Waals surface area (Å²) in [6.07, 6.45) is 1.53. The molecule has 7 nitrogen and oxygen atoms in total. The summed E-state index contributed by atoms with van der Waals surface area (Å²) >= 11 is 0. The van der Waals surface area contributed by atoms with E-state index >= 15 is 0 Å². The average molecular weight is 302 g/mol. The average Bonchev–Trinajstić information content (AvgIpc) is 2.54. The fourth-order valence-electron chi connectivity index (χ4n) is 1.99. The molecule has 0 aliphatic rings. The number of nitrogens with zero attached hydrogens (tertiary/aromatic N) is 2. The van der Waals surface area contributed by atoms with E-state index in [9.17, 15) is 10.1 Å². The van der Waals surface area contributed by atoms with E-state index in [4.69, 9.17) is 4.74 Å². The van der Waals surface area contributed by atoms with Gasteiger partial charge in [-0.1, -0.05) is 18.2 Å². The van der Waals surface area contributed by atoms with E-state index in [1.54, 1.807) is 13.2 Å². The highest BCUT2D eigenvalue weighted by atomic mass is 16.6. The molecular formula is C15H18N4O3. The molecule has 0 saturated heterocycles. The fourth-order valence-corrected chi connectivity index (χ4v) is 1.99. The topological polar surface area (TPSA) is 89.3 Å². The van der Waals surface area contributed by atoms with Crippen LogP contribution in [0.2, 0.25) is 0 Å². The van der Waals surface area contributed by atoms with E-state index in [1.807, 2.05) is 24.3 Å². The predicted molar refractivity (Wildman–Crippen MR) is 85.0 cm³/mol. The SMILES string of the molecule is COCCNc1ccccc1CNc1ncccc1[N+](=O)[O-]. The lowest BCUT2D eigenvalue weighted by Gasteiger charge is -2.12. The van der Waals surface area contributed by atoms with Crippen molar-refractivity contribution >= 4 is 17.2 Å². The van der Waals surface area contributed by atoms with Crippen LogP contribution in [0.1, 0.15) is 5.56 Å². The van der Waals surface area contributed by atoms with E-state index in [0.29, 0.717) is 19.7 Å². The van der Waals surface area contributed by atoms with Gasteiger partial charge in [0.15, 0.2) is 0 Å². The van der Waals surface area contributed by atoms with Gasteiger partial charge in [0, 0.05) is 38.1 Å². The van der Waals surface area contributed by atoms with Gasteiger partial charge in [0.05, 0.1) is 11.5 Å². The molecular weight excluding hydrogens is 284 g/mol. The van der Waals surface area contributed by atoms with E-state index < -0.39 is 4.92 Å². The van der Waals surface area contributed by atoms with Crippen molar-refractivity contribution in [1.82, 2.24) is 4.98 Å². The molecule has 22 heavy (non-hydrogen) atoms. The van der Waals surface area contributed by atoms with Gasteiger partial charge in [0.25, 0.3) is 0 Å². The van der Waals surface area contributed by atoms with Crippen LogP contribution in [-0.2, 0) is 11.3 Å². The molecule has 0 aliphatic carbocycles. The van der Waals surface area contributed by atoms with Gasteiger partial charge in [-0.3, -0.25) is 10.1 Å². The third-order valence-corrected chi connectivity index (χ3v) is 3.07. The molecule has 2 aromatic rings. The lowest BCUT2D eigenvalue weighted by molar-refractivity contribution is -0.384. The van der Waals surface area contributed by atoms with Crippen molar-refractivity contribution in [2.24, 2.45) is 0 Å². The molecule has 0 aliphatic heterocycles. The van der Waals surface area contributed by atoms with Gasteiger partial charge in [0.1, 0.15) is 0 Å². The third kappa shape index (κ3) is 4.16. The maximum atomic E-state index is 11.0. The minimum atomic E-state index is -0.446. The van der Waals surface area contributed by atoms with Crippen LogP contribution in [-0.4, -0.2) is 30.2 Å². The monoisotopic (exact) mass is 302 g/mol. The van der Waals surface area contributed by atoms with E-state index in [-0.39, 0.29) is 11.5 Å². The molecule has 0 unspecified atom stereocenters. The summed E-state index contributed by atoms with van der Waals surface area (Å²) < 4.78 is 5.01. The maximum Gasteiger partial charge on any atom is 0.311 e. The van der Waals surface area contributed by atoms with Gasteiger partial charge in [0.2, 0.25) is 5.82 Å². The number of para-hydroxylation sites is 1. The summed E-state index contributed by atoms with van der Waals surface area (Å²) in [5.74, 6) is 0.263. The van der Waals surface area contributed by atoms with Crippen molar-refractivity contribution in [3.8, 4) is 0 Å². The number of nitro groups is 1. The zero-order valence-electron chi connectivity index (χ0n) is 12.3. The van der Waals surface area contributed by atoms with E-state index in [2.05, 4.69) is 15.6 Å². The Morgan fingerprint density at radius 2 is 2.05 bits per heavy atom. The largest absolute Gasteiger partial charge is 0.383 e. The van der Waals surface area contributed by atoms with Crippen molar-refractivity contribution in [2.75, 3.05) is 30.9 Å². The Kier molecular flexibility index (Phi) is 5.67. The first kappa shape index (κ1) is 15.7. The van der Waals surface area contributed by atoms with Crippen LogP contribution in [0.4, 0.5) is 17.2 Å². The van der Waals surface area contributed by atoms with Crippen LogP contribution >= 0.6 is 0 Å². The first-order chi connectivity index (χ1) is 10.7. The highest BCUT2D eigenvalue weighted by Gasteiger charge is 2.13. The molecule has 2 N–H and O–H groups in total. The zero-order valence-corrected chi connectivity index (χ0v) is 12.3. The Bertz CT molecular complexity index is 634. The number of hydrogen-bond acceptors (Lipinski definition) is 6. The van der Waals surface area contributed by atoms with Gasteiger partial charge in [-0.15, -0.1) is 0 Å². The molecule has 7 heteroatoms. The maximum absolute atomic E-state index is 11.0. The van der Waals surface area contributed by atoms with Crippen molar-refractivity contribution in [3.05, 3.63) is 58.3 Å². The Morgan fingerprint density at radius 1 is 1.23 bits per heavy atom. The number of aromatic nitrogens is 1. The second kappa shape index (κ2) is 7.94. The Balaban J connectivity index is 2.07. The molecule has 1 aromatic heterocycles. The smallest absolute Gasteiger partial charge is 0.311 e. The number of nitrogens with one attached hydrogen (secondary N) is 2. The summed E-state index contributed by atoms with van der Waals surface area (Å²) in [7, 11) is 1.65. The third-order valence-electron chi connectivity index (χ3n) is 3.07. The molecule has 0 amide bonds. The second-order valence-electron chi connectivity index (χ2n) is 4.56. The van der Waals surface area contributed by atoms with Crippen molar-refractivity contribution in [3.63, 3.8) is 0 Å². The quantitative estimate of drug-likeness (QED) is 0.443. The van der Waals surface area contributed by atoms with Gasteiger partial charge >= 0.3 is 5.69 Å². The van der Waals surface area contributed by atoms with Crippen molar-refractivity contribution in [2.45, 2.75) is 6.54 Å². The molecule has 0 atom stereocenters. The number of benzene rings is 1. The lowest BCUT2D eigenvalue weighted by Crippen LogP contribution is -2.11. The zero-order chi connectivity index (χ0) is 15.8. The van der Waals surface area contributed by atoms with Crippen LogP contribution in [0, 0.1) is 10.1 Å². The molecule has 0 bridgehead atoms. The van der Waals surface area contributed by atoms with Crippen molar-refractivity contribution in [1.29, 1.82) is 0 Å². The first-order valence-electron chi connectivity index (χ1n) is 6.86. The highest BCUT2D eigenvalue weighted by Crippen LogP contribution is 2.22. The Labute approximate surface area is 128 Å². The molecule has 1 aromatic carbocycles. The van der Waals surface area contributed by atoms with Gasteiger partial charge < -0.3 is 15.4 Å². The molecule has 2 rings (SSSR count). The molecule has 0 saturated carbocycles. The number of ether oxygens (including phenoxy) is 1. The van der Waals surface area contributed by atoms with E-state index in [0.717, 1.165) is 11.3 Å². The van der Waals surface area contributed by atoms with Gasteiger partial charge in [-0.2, -0.15) is 0 Å². The molecule has 0 spiro atoms. The van der Waals surface area contributed by atoms with Crippen LogP contribution in [0.5, 0.6) is 0 Å². The summed E-state index contributed by atoms with van der Waals surface area (Å²) in [6, 6.07) is 10.7. The van der Waals surface area contributed by atoms with Crippen LogP contribution in [0.15, 0.2) is 42.6 Å². The minimum absolute atomic E-state index is 0.0349. The van der Waals surface area contributed by atoms with Crippen molar-refractivity contribution < 1.29 is 9.66 Å². The summed E-state index contributed by atoms with van der Waals surface area (Å²) in [5, 5.41) is 17.3. The minimum Gasteiger partial charge on any atom is -0.383 e. The van der Waals surface area contributed by atoms with Crippen LogP contribution < -0.4 is 10.6 Å². The molecule has 116 valence electrons. The van der Waals surface area contributed by atoms with E-state index in [1.165, 1.54) is 12.3 Å².